The molecular weight excluding hydrogens is 754 g/mol. The number of Topliss-reactive ketones (excluding diaryl/α,β-unsaturated/α-hetero) is 1. The fourth-order valence-corrected chi connectivity index (χ4v) is 9.56. The Morgan fingerprint density at radius 3 is 2.10 bits per heavy atom. The summed E-state index contributed by atoms with van der Waals surface area (Å²) in [6.07, 6.45) is -11.5. The van der Waals surface area contributed by atoms with E-state index < -0.39 is 112 Å². The summed E-state index contributed by atoms with van der Waals surface area (Å²) < 4.78 is 29.5. The van der Waals surface area contributed by atoms with Crippen LogP contribution >= 0.6 is 0 Å². The van der Waals surface area contributed by atoms with Crippen LogP contribution in [-0.4, -0.2) is 110 Å². The molecule has 1 saturated heterocycles. The first-order valence-electron chi connectivity index (χ1n) is 19.3. The largest absolute Gasteiger partial charge is 0.456 e. The van der Waals surface area contributed by atoms with E-state index in [1.54, 1.807) is 83.1 Å². The highest BCUT2D eigenvalue weighted by molar-refractivity contribution is 5.94. The lowest BCUT2D eigenvalue weighted by Crippen LogP contribution is -2.81. The maximum atomic E-state index is 14.9. The van der Waals surface area contributed by atoms with Gasteiger partial charge in [0.1, 0.15) is 35.6 Å². The van der Waals surface area contributed by atoms with Crippen molar-refractivity contribution < 1.29 is 68.1 Å². The van der Waals surface area contributed by atoms with Gasteiger partial charge >= 0.3 is 24.0 Å². The van der Waals surface area contributed by atoms with Crippen molar-refractivity contribution in [2.75, 3.05) is 6.61 Å². The number of carbonyl (C=O) groups excluding carboxylic acids is 5. The third-order valence-electron chi connectivity index (χ3n) is 12.6. The van der Waals surface area contributed by atoms with Crippen LogP contribution in [0.4, 0.5) is 4.79 Å². The topological polar surface area (TPSA) is 224 Å². The minimum atomic E-state index is -2.35. The van der Waals surface area contributed by atoms with Gasteiger partial charge in [-0.3, -0.25) is 9.59 Å². The van der Waals surface area contributed by atoms with E-state index in [2.05, 4.69) is 5.32 Å². The van der Waals surface area contributed by atoms with Crippen molar-refractivity contribution in [3.8, 4) is 0 Å². The lowest BCUT2D eigenvalue weighted by atomic mass is 9.44. The fourth-order valence-electron chi connectivity index (χ4n) is 9.56. The van der Waals surface area contributed by atoms with Crippen molar-refractivity contribution in [2.24, 2.45) is 16.7 Å². The Labute approximate surface area is 336 Å². The second-order valence-corrected chi connectivity index (χ2v) is 17.6. The normalized spacial score (nSPS) is 33.7. The van der Waals surface area contributed by atoms with Crippen LogP contribution < -0.4 is 5.32 Å². The minimum Gasteiger partial charge on any atom is -0.456 e. The van der Waals surface area contributed by atoms with Gasteiger partial charge in [0.2, 0.25) is 0 Å². The van der Waals surface area contributed by atoms with Crippen molar-refractivity contribution in [1.29, 1.82) is 0 Å². The smallest absolute Gasteiger partial charge is 0.408 e. The van der Waals surface area contributed by atoms with Gasteiger partial charge in [0, 0.05) is 25.2 Å². The monoisotopic (exact) mass is 807 g/mol. The molecule has 15 heteroatoms. The van der Waals surface area contributed by atoms with Crippen LogP contribution in [0.3, 0.4) is 0 Å². The number of alkyl carbamates (subject to hydrolysis) is 1. The number of hydrogen-bond donors (Lipinski definition) is 5. The number of esters is 3. The molecular formula is C43H53NO14. The summed E-state index contributed by atoms with van der Waals surface area (Å²) in [5, 5.41) is 51.6. The molecule has 3 fully saturated rings. The number of ether oxygens (including phenoxy) is 5. The molecule has 1 heterocycles. The van der Waals surface area contributed by atoms with E-state index in [1.807, 2.05) is 0 Å². The average Bonchev–Trinajstić information content (AvgIpc) is 3.14. The third kappa shape index (κ3) is 7.10. The molecule has 15 nitrogen and oxygen atoms in total. The first kappa shape index (κ1) is 42.9. The Balaban J connectivity index is 1.49. The molecule has 0 aromatic heterocycles. The number of aliphatic hydroxyl groups excluding tert-OH is 3. The lowest BCUT2D eigenvalue weighted by Gasteiger charge is -2.67. The van der Waals surface area contributed by atoms with Gasteiger partial charge in [0.15, 0.2) is 17.5 Å². The van der Waals surface area contributed by atoms with Crippen molar-refractivity contribution in [2.45, 2.75) is 128 Å². The van der Waals surface area contributed by atoms with Gasteiger partial charge in [0.25, 0.3) is 0 Å². The second kappa shape index (κ2) is 15.2. The minimum absolute atomic E-state index is 0.0637. The zero-order valence-corrected chi connectivity index (χ0v) is 33.9. The molecule has 0 spiro atoms. The van der Waals surface area contributed by atoms with Crippen LogP contribution in [0.15, 0.2) is 71.8 Å². The number of rotatable bonds is 8. The Morgan fingerprint density at radius 2 is 1.55 bits per heavy atom. The Morgan fingerprint density at radius 1 is 0.948 bits per heavy atom. The first-order chi connectivity index (χ1) is 27.0. The molecule has 2 bridgehead atoms. The molecule has 11 atom stereocenters. The van der Waals surface area contributed by atoms with Crippen LogP contribution in [0, 0.1) is 16.7 Å². The van der Waals surface area contributed by atoms with E-state index in [-0.39, 0.29) is 29.7 Å². The quantitative estimate of drug-likeness (QED) is 0.147. The number of carbonyl (C=O) groups is 5. The molecule has 2 saturated carbocycles. The molecule has 58 heavy (non-hydrogen) atoms. The maximum Gasteiger partial charge on any atom is 0.408 e. The van der Waals surface area contributed by atoms with Crippen LogP contribution in [0.1, 0.15) is 90.2 Å². The zero-order valence-electron chi connectivity index (χ0n) is 33.9. The average molecular weight is 808 g/mol. The number of amides is 1. The highest BCUT2D eigenvalue weighted by atomic mass is 16.6. The standard InChI is InChI=1S/C43H53NO14/c1-22-26(55-37(51)32(48)30(24-15-11-9-12-16-24)44-38(52)58-39(3,4)5)20-43(53)35(56-36(50)25-17-13-10-14-18-25)33-41(8,34(49)31(47)29(22)40(43,6)7)27(46)19-28-42(33,21-54-28)57-23(2)45/h9-18,26-28,30-33,35,46-48,53H,19-21H2,1-8H3,(H,44,52)/t26-,27-,28?,30-,31+,32-,33-,35-,41+,42-,43+/m0/s1. The summed E-state index contributed by atoms with van der Waals surface area (Å²) in [5.74, 6) is -5.36. The SMILES string of the molecule is CC(=O)O[C@@]12COC1C[C@H](O)[C@@]1(C)C(=O)[C@H](O)C3=C(C)[C@@H](OC(=O)[C@@H](O)[C@@H](NC(=O)OC(C)(C)C)c4ccccc4)C[C@@](O)([C@@H](OC(=O)c4ccccc4)[C@@H]12)C3(C)C. The van der Waals surface area contributed by atoms with E-state index in [0.29, 0.717) is 5.56 Å². The molecule has 3 aliphatic carbocycles. The zero-order chi connectivity index (χ0) is 42.7. The highest BCUT2D eigenvalue weighted by Gasteiger charge is 2.78. The molecule has 2 aromatic carbocycles. The van der Waals surface area contributed by atoms with Crippen molar-refractivity contribution in [3.63, 3.8) is 0 Å². The number of hydrogen-bond acceptors (Lipinski definition) is 14. The number of ketones is 1. The number of benzene rings is 2. The first-order valence-corrected chi connectivity index (χ1v) is 19.3. The highest BCUT2D eigenvalue weighted by Crippen LogP contribution is 2.64. The second-order valence-electron chi connectivity index (χ2n) is 17.6. The van der Waals surface area contributed by atoms with Crippen LogP contribution in [-0.2, 0) is 38.1 Å². The molecule has 0 radical (unpaired) electrons. The van der Waals surface area contributed by atoms with Gasteiger partial charge in [-0.15, -0.1) is 0 Å². The fraction of sp³-hybridized carbons (Fsp3) is 0.558. The molecule has 1 amide bonds. The van der Waals surface area contributed by atoms with Gasteiger partial charge in [-0.2, -0.15) is 0 Å². The van der Waals surface area contributed by atoms with Crippen molar-refractivity contribution in [1.82, 2.24) is 5.32 Å². The van der Waals surface area contributed by atoms with Gasteiger partial charge < -0.3 is 49.4 Å². The molecule has 314 valence electrons. The van der Waals surface area contributed by atoms with E-state index >= 15 is 0 Å². The van der Waals surface area contributed by atoms with Gasteiger partial charge in [0.05, 0.1) is 35.6 Å². The van der Waals surface area contributed by atoms with Gasteiger partial charge in [-0.1, -0.05) is 62.4 Å². The Hall–Kier alpha value is -4.67. The molecule has 6 rings (SSSR count). The summed E-state index contributed by atoms with van der Waals surface area (Å²) in [5.41, 5.74) is -8.14. The Kier molecular flexibility index (Phi) is 11.2. The van der Waals surface area contributed by atoms with E-state index in [4.69, 9.17) is 23.7 Å². The lowest BCUT2D eigenvalue weighted by molar-refractivity contribution is -0.346. The summed E-state index contributed by atoms with van der Waals surface area (Å²) in [6, 6.07) is 14.6. The van der Waals surface area contributed by atoms with Crippen LogP contribution in [0.5, 0.6) is 0 Å². The Bertz CT molecular complexity index is 1980. The third-order valence-corrected chi connectivity index (χ3v) is 12.6. The summed E-state index contributed by atoms with van der Waals surface area (Å²) in [7, 11) is 0. The molecule has 1 aliphatic heterocycles. The number of aliphatic hydroxyl groups is 4. The molecule has 5 N–H and O–H groups in total. The molecule has 4 aliphatic rings. The van der Waals surface area contributed by atoms with Crippen LogP contribution in [0.2, 0.25) is 0 Å². The number of nitrogens with one attached hydrogen (secondary N) is 1. The summed E-state index contributed by atoms with van der Waals surface area (Å²) in [4.78, 5) is 68.9. The number of fused-ring (bicyclic) bond motifs is 5. The van der Waals surface area contributed by atoms with Gasteiger partial charge in [-0.05, 0) is 63.5 Å². The van der Waals surface area contributed by atoms with Crippen molar-refractivity contribution >= 4 is 29.8 Å². The van der Waals surface area contributed by atoms with E-state index in [9.17, 15) is 44.4 Å². The van der Waals surface area contributed by atoms with Crippen LogP contribution in [0.25, 0.3) is 0 Å². The molecule has 2 aromatic rings. The van der Waals surface area contributed by atoms with E-state index in [0.717, 1.165) is 6.92 Å². The van der Waals surface area contributed by atoms with Crippen molar-refractivity contribution in [3.05, 3.63) is 82.9 Å². The van der Waals surface area contributed by atoms with E-state index in [1.165, 1.54) is 26.0 Å². The predicted molar refractivity (Wildman–Crippen MR) is 204 cm³/mol. The summed E-state index contributed by atoms with van der Waals surface area (Å²) >= 11 is 0. The summed E-state index contributed by atoms with van der Waals surface area (Å²) in [6.45, 7) is 11.8. The molecule has 1 unspecified atom stereocenters. The van der Waals surface area contributed by atoms with Gasteiger partial charge in [-0.25, -0.2) is 14.4 Å². The predicted octanol–water partition coefficient (Wildman–Crippen LogP) is 3.26. The maximum absolute atomic E-state index is 14.9.